The summed E-state index contributed by atoms with van der Waals surface area (Å²) in [6.45, 7) is 6.76. The zero-order chi connectivity index (χ0) is 9.52. The molecule has 74 valence electrons. The second-order valence-corrected chi connectivity index (χ2v) is 3.60. The number of hydrogen-bond acceptors (Lipinski definition) is 0. The molecule has 1 rings (SSSR count). The van der Waals surface area contributed by atoms with Crippen molar-refractivity contribution in [1.82, 2.24) is 4.57 Å². The second kappa shape index (κ2) is 5.79. The van der Waals surface area contributed by atoms with Crippen molar-refractivity contribution in [3.8, 4) is 0 Å². The Balaban J connectivity index is 2.31. The van der Waals surface area contributed by atoms with E-state index in [1.807, 2.05) is 0 Å². The van der Waals surface area contributed by atoms with Gasteiger partial charge in [-0.3, -0.25) is 0 Å². The third kappa shape index (κ3) is 3.62. The number of nitrogens with zero attached hydrogens (tertiary/aromatic N) is 2. The van der Waals surface area contributed by atoms with E-state index in [1.54, 1.807) is 0 Å². The molecule has 1 aromatic heterocycles. The van der Waals surface area contributed by atoms with Crippen molar-refractivity contribution < 1.29 is 4.57 Å². The highest BCUT2D eigenvalue weighted by molar-refractivity contribution is 4.65. The van der Waals surface area contributed by atoms with Crippen LogP contribution in [0.15, 0.2) is 18.7 Å². The predicted molar refractivity (Wildman–Crippen MR) is 54.4 cm³/mol. The van der Waals surface area contributed by atoms with Gasteiger partial charge in [0.15, 0.2) is 0 Å². The molecule has 0 aliphatic heterocycles. The molecule has 0 N–H and O–H groups in total. The smallest absolute Gasteiger partial charge is 0.237 e. The lowest BCUT2D eigenvalue weighted by Gasteiger charge is -1.94. The molecule has 1 aromatic rings. The van der Waals surface area contributed by atoms with Crippen molar-refractivity contribution in [2.24, 2.45) is 0 Å². The van der Waals surface area contributed by atoms with Crippen molar-refractivity contribution in [1.29, 1.82) is 0 Å². The van der Waals surface area contributed by atoms with Gasteiger partial charge < -0.3 is 0 Å². The maximum absolute atomic E-state index is 2.28. The minimum absolute atomic E-state index is 1.14. The van der Waals surface area contributed by atoms with Crippen LogP contribution in [0.25, 0.3) is 0 Å². The topological polar surface area (TPSA) is 8.81 Å². The lowest BCUT2D eigenvalue weighted by Crippen LogP contribution is -2.30. The number of unbranched alkanes of at least 4 members (excludes halogenated alkanes) is 2. The summed E-state index contributed by atoms with van der Waals surface area (Å²) in [5.74, 6) is 0. The van der Waals surface area contributed by atoms with Gasteiger partial charge in [-0.2, -0.15) is 0 Å². The van der Waals surface area contributed by atoms with Crippen LogP contribution in [0.4, 0.5) is 0 Å². The second-order valence-electron chi connectivity index (χ2n) is 3.60. The third-order valence-corrected chi connectivity index (χ3v) is 2.25. The highest BCUT2D eigenvalue weighted by Gasteiger charge is 2.00. The van der Waals surface area contributed by atoms with E-state index in [0.717, 1.165) is 6.54 Å². The van der Waals surface area contributed by atoms with Gasteiger partial charge in [-0.05, 0) is 19.3 Å². The van der Waals surface area contributed by atoms with Gasteiger partial charge in [-0.25, -0.2) is 9.13 Å². The van der Waals surface area contributed by atoms with Gasteiger partial charge in [0.05, 0.1) is 13.1 Å². The van der Waals surface area contributed by atoms with Crippen LogP contribution in [-0.2, 0) is 13.1 Å². The van der Waals surface area contributed by atoms with E-state index in [-0.39, 0.29) is 0 Å². The Morgan fingerprint density at radius 3 is 2.69 bits per heavy atom. The van der Waals surface area contributed by atoms with Crippen LogP contribution in [0, 0.1) is 0 Å². The maximum Gasteiger partial charge on any atom is 0.243 e. The summed E-state index contributed by atoms with van der Waals surface area (Å²) in [6, 6.07) is 0. The standard InChI is InChI=1S/C11H21N2/c1-3-5-6-8-13-10-9-12(11-13)7-4-2/h9-11H,3-8H2,1-2H3/q+1. The number of imidazole rings is 1. The monoisotopic (exact) mass is 181 g/mol. The summed E-state index contributed by atoms with van der Waals surface area (Å²) in [6.07, 6.45) is 11.7. The van der Waals surface area contributed by atoms with E-state index in [2.05, 4.69) is 41.7 Å². The number of aryl methyl sites for hydroxylation is 2. The van der Waals surface area contributed by atoms with Crippen LogP contribution >= 0.6 is 0 Å². The van der Waals surface area contributed by atoms with Crippen molar-refractivity contribution in [2.45, 2.75) is 52.6 Å². The van der Waals surface area contributed by atoms with Crippen LogP contribution in [-0.4, -0.2) is 4.57 Å². The van der Waals surface area contributed by atoms with E-state index >= 15 is 0 Å². The molecule has 0 unspecified atom stereocenters. The lowest BCUT2D eigenvalue weighted by atomic mass is 10.2. The van der Waals surface area contributed by atoms with Crippen LogP contribution in [0.1, 0.15) is 39.5 Å². The molecule has 0 aliphatic carbocycles. The molecule has 0 bridgehead atoms. The van der Waals surface area contributed by atoms with Crippen molar-refractivity contribution in [3.63, 3.8) is 0 Å². The summed E-state index contributed by atoms with van der Waals surface area (Å²) < 4.78 is 4.54. The molecule has 2 nitrogen and oxygen atoms in total. The fraction of sp³-hybridized carbons (Fsp3) is 0.727. The number of aromatic nitrogens is 2. The average molecular weight is 181 g/mol. The van der Waals surface area contributed by atoms with Gasteiger partial charge in [0.25, 0.3) is 0 Å². The minimum atomic E-state index is 1.14. The molecular weight excluding hydrogens is 160 g/mol. The van der Waals surface area contributed by atoms with Gasteiger partial charge in [-0.15, -0.1) is 0 Å². The van der Waals surface area contributed by atoms with Crippen LogP contribution in [0.5, 0.6) is 0 Å². The first-order chi connectivity index (χ1) is 6.36. The summed E-state index contributed by atoms with van der Waals surface area (Å²) in [4.78, 5) is 0. The molecule has 0 spiro atoms. The maximum atomic E-state index is 2.28. The van der Waals surface area contributed by atoms with Crippen molar-refractivity contribution in [3.05, 3.63) is 18.7 Å². The lowest BCUT2D eigenvalue weighted by molar-refractivity contribution is -0.696. The quantitative estimate of drug-likeness (QED) is 0.470. The first kappa shape index (κ1) is 10.3. The molecule has 0 saturated carbocycles. The average Bonchev–Trinajstić information content (AvgIpc) is 2.54. The SMILES string of the molecule is CCCCCn1cc[n+](CCC)c1. The van der Waals surface area contributed by atoms with Gasteiger partial charge in [0.1, 0.15) is 12.4 Å². The molecule has 0 saturated heterocycles. The third-order valence-electron chi connectivity index (χ3n) is 2.25. The molecule has 2 heteroatoms. The number of rotatable bonds is 6. The Morgan fingerprint density at radius 1 is 1.15 bits per heavy atom. The predicted octanol–water partition coefficient (Wildman–Crippen LogP) is 2.38. The Bertz CT molecular complexity index is 228. The molecular formula is C11H21N2+. The van der Waals surface area contributed by atoms with Crippen molar-refractivity contribution >= 4 is 0 Å². The van der Waals surface area contributed by atoms with Gasteiger partial charge >= 0.3 is 0 Å². The first-order valence-corrected chi connectivity index (χ1v) is 5.41. The molecule has 0 radical (unpaired) electrons. The van der Waals surface area contributed by atoms with E-state index in [1.165, 1.54) is 32.2 Å². The number of hydrogen-bond donors (Lipinski definition) is 0. The summed E-state index contributed by atoms with van der Waals surface area (Å²) >= 11 is 0. The Kier molecular flexibility index (Phi) is 4.58. The van der Waals surface area contributed by atoms with Crippen molar-refractivity contribution in [2.75, 3.05) is 0 Å². The fourth-order valence-electron chi connectivity index (χ4n) is 1.51. The molecule has 1 heterocycles. The van der Waals surface area contributed by atoms with Gasteiger partial charge in [0, 0.05) is 0 Å². The zero-order valence-corrected chi connectivity index (χ0v) is 8.87. The Hall–Kier alpha value is -0.790. The molecule has 0 aliphatic rings. The van der Waals surface area contributed by atoms with Crippen LogP contribution in [0.2, 0.25) is 0 Å². The molecule has 0 fully saturated rings. The van der Waals surface area contributed by atoms with Crippen LogP contribution < -0.4 is 4.57 Å². The summed E-state index contributed by atoms with van der Waals surface area (Å²) in [5, 5.41) is 0. The van der Waals surface area contributed by atoms with E-state index in [0.29, 0.717) is 0 Å². The zero-order valence-electron chi connectivity index (χ0n) is 8.87. The van der Waals surface area contributed by atoms with Gasteiger partial charge in [0.2, 0.25) is 6.33 Å². The molecule has 13 heavy (non-hydrogen) atoms. The normalized spacial score (nSPS) is 10.6. The fourth-order valence-corrected chi connectivity index (χ4v) is 1.51. The Labute approximate surface area is 81.2 Å². The minimum Gasteiger partial charge on any atom is -0.237 e. The van der Waals surface area contributed by atoms with E-state index < -0.39 is 0 Å². The first-order valence-electron chi connectivity index (χ1n) is 5.41. The highest BCUT2D eigenvalue weighted by atomic mass is 15.1. The van der Waals surface area contributed by atoms with Crippen LogP contribution in [0.3, 0.4) is 0 Å². The summed E-state index contributed by atoms with van der Waals surface area (Å²) in [5.41, 5.74) is 0. The molecule has 0 atom stereocenters. The molecule has 0 aromatic carbocycles. The highest BCUT2D eigenvalue weighted by Crippen LogP contribution is 1.97. The largest absolute Gasteiger partial charge is 0.243 e. The van der Waals surface area contributed by atoms with E-state index in [9.17, 15) is 0 Å². The molecule has 0 amide bonds. The van der Waals surface area contributed by atoms with Gasteiger partial charge in [-0.1, -0.05) is 20.3 Å². The summed E-state index contributed by atoms with van der Waals surface area (Å²) in [7, 11) is 0. The Morgan fingerprint density at radius 2 is 2.00 bits per heavy atom. The van der Waals surface area contributed by atoms with E-state index in [4.69, 9.17) is 0 Å².